The molecule has 0 amide bonds. The zero-order valence-corrected chi connectivity index (χ0v) is 10.7. The van der Waals surface area contributed by atoms with Gasteiger partial charge in [0.1, 0.15) is 6.04 Å². The standard InChI is InChI=1S/C14H19NO2/c1-15(2)13(14(16)17-3)12-8-7-10-5-4-6-11(10)9-12/h7-9,13H,4-6H2,1-3H3. The third-order valence-corrected chi connectivity index (χ3v) is 3.38. The normalized spacial score (nSPS) is 15.8. The molecule has 2 rings (SSSR count). The first-order chi connectivity index (χ1) is 8.13. The Balaban J connectivity index is 2.33. The molecule has 17 heavy (non-hydrogen) atoms. The van der Waals surface area contributed by atoms with Gasteiger partial charge in [0.25, 0.3) is 0 Å². The number of hydrogen-bond acceptors (Lipinski definition) is 3. The second-order valence-electron chi connectivity index (χ2n) is 4.77. The molecule has 0 saturated heterocycles. The Morgan fingerprint density at radius 2 is 2.00 bits per heavy atom. The van der Waals surface area contributed by atoms with E-state index in [1.165, 1.54) is 31.1 Å². The summed E-state index contributed by atoms with van der Waals surface area (Å²) in [5.74, 6) is -0.201. The Morgan fingerprint density at radius 3 is 2.65 bits per heavy atom. The Kier molecular flexibility index (Phi) is 3.48. The quantitative estimate of drug-likeness (QED) is 0.747. The summed E-state index contributed by atoms with van der Waals surface area (Å²) < 4.78 is 4.87. The van der Waals surface area contributed by atoms with E-state index in [0.29, 0.717) is 0 Å². The summed E-state index contributed by atoms with van der Waals surface area (Å²) in [5.41, 5.74) is 3.84. The number of rotatable bonds is 3. The highest BCUT2D eigenvalue weighted by Gasteiger charge is 2.25. The third kappa shape index (κ3) is 2.34. The van der Waals surface area contributed by atoms with Gasteiger partial charge < -0.3 is 4.74 Å². The van der Waals surface area contributed by atoms with Crippen molar-refractivity contribution in [3.05, 3.63) is 34.9 Å². The van der Waals surface area contributed by atoms with Crippen molar-refractivity contribution < 1.29 is 9.53 Å². The molecule has 0 saturated carbocycles. The first-order valence-electron chi connectivity index (χ1n) is 5.99. The third-order valence-electron chi connectivity index (χ3n) is 3.38. The van der Waals surface area contributed by atoms with Crippen molar-refractivity contribution in [2.75, 3.05) is 21.2 Å². The number of carbonyl (C=O) groups excluding carboxylic acids is 1. The molecule has 1 aliphatic carbocycles. The molecule has 0 radical (unpaired) electrons. The Hall–Kier alpha value is -1.35. The minimum Gasteiger partial charge on any atom is -0.468 e. The molecular weight excluding hydrogens is 214 g/mol. The maximum atomic E-state index is 11.8. The van der Waals surface area contributed by atoms with E-state index in [4.69, 9.17) is 4.74 Å². The molecule has 0 bridgehead atoms. The van der Waals surface area contributed by atoms with Gasteiger partial charge in [0.05, 0.1) is 7.11 Å². The number of esters is 1. The van der Waals surface area contributed by atoms with Crippen molar-refractivity contribution in [2.24, 2.45) is 0 Å². The fourth-order valence-corrected chi connectivity index (χ4v) is 2.52. The van der Waals surface area contributed by atoms with Crippen LogP contribution in [0, 0.1) is 0 Å². The molecule has 0 spiro atoms. The predicted octanol–water partition coefficient (Wildman–Crippen LogP) is 1.95. The monoisotopic (exact) mass is 233 g/mol. The fourth-order valence-electron chi connectivity index (χ4n) is 2.52. The van der Waals surface area contributed by atoms with Crippen LogP contribution in [0.25, 0.3) is 0 Å². The van der Waals surface area contributed by atoms with Gasteiger partial charge in [-0.1, -0.05) is 18.2 Å². The van der Waals surface area contributed by atoms with Crippen LogP contribution in [0.5, 0.6) is 0 Å². The number of aryl methyl sites for hydroxylation is 2. The zero-order chi connectivity index (χ0) is 12.4. The van der Waals surface area contributed by atoms with E-state index >= 15 is 0 Å². The van der Waals surface area contributed by atoms with Gasteiger partial charge in [-0.3, -0.25) is 4.90 Å². The van der Waals surface area contributed by atoms with Crippen LogP contribution in [0.15, 0.2) is 18.2 Å². The topological polar surface area (TPSA) is 29.5 Å². The maximum absolute atomic E-state index is 11.8. The minimum atomic E-state index is -0.300. The molecule has 1 atom stereocenters. The number of likely N-dealkylation sites (N-methyl/N-ethyl adjacent to an activating group) is 1. The van der Waals surface area contributed by atoms with Gasteiger partial charge in [-0.15, -0.1) is 0 Å². The van der Waals surface area contributed by atoms with Gasteiger partial charge in [-0.2, -0.15) is 0 Å². The van der Waals surface area contributed by atoms with Crippen LogP contribution in [-0.2, 0) is 22.4 Å². The van der Waals surface area contributed by atoms with E-state index in [0.717, 1.165) is 12.0 Å². The molecule has 0 aromatic heterocycles. The molecule has 0 N–H and O–H groups in total. The molecule has 0 heterocycles. The van der Waals surface area contributed by atoms with Gasteiger partial charge in [0.15, 0.2) is 0 Å². The molecule has 0 fully saturated rings. The minimum absolute atomic E-state index is 0.201. The lowest BCUT2D eigenvalue weighted by Gasteiger charge is -2.22. The second kappa shape index (κ2) is 4.88. The predicted molar refractivity (Wildman–Crippen MR) is 66.9 cm³/mol. The molecule has 0 aliphatic heterocycles. The number of nitrogens with zero attached hydrogens (tertiary/aromatic N) is 1. The number of hydrogen-bond donors (Lipinski definition) is 0. The number of ether oxygens (including phenoxy) is 1. The van der Waals surface area contributed by atoms with E-state index in [-0.39, 0.29) is 12.0 Å². The molecule has 1 aliphatic rings. The van der Waals surface area contributed by atoms with Crippen molar-refractivity contribution in [2.45, 2.75) is 25.3 Å². The first kappa shape index (κ1) is 12.1. The maximum Gasteiger partial charge on any atom is 0.327 e. The summed E-state index contributed by atoms with van der Waals surface area (Å²) in [6.45, 7) is 0. The van der Waals surface area contributed by atoms with Gasteiger partial charge in [0, 0.05) is 0 Å². The highest BCUT2D eigenvalue weighted by atomic mass is 16.5. The van der Waals surface area contributed by atoms with Crippen molar-refractivity contribution >= 4 is 5.97 Å². The smallest absolute Gasteiger partial charge is 0.327 e. The van der Waals surface area contributed by atoms with E-state index < -0.39 is 0 Å². The SMILES string of the molecule is COC(=O)C(c1ccc2c(c1)CCC2)N(C)C. The number of fused-ring (bicyclic) bond motifs is 1. The lowest BCUT2D eigenvalue weighted by molar-refractivity contribution is -0.146. The van der Waals surface area contributed by atoms with Crippen LogP contribution in [0.3, 0.4) is 0 Å². The number of carbonyl (C=O) groups is 1. The Bertz CT molecular complexity index is 426. The van der Waals surface area contributed by atoms with E-state index in [9.17, 15) is 4.79 Å². The summed E-state index contributed by atoms with van der Waals surface area (Å²) in [5, 5.41) is 0. The Morgan fingerprint density at radius 1 is 1.29 bits per heavy atom. The molecule has 92 valence electrons. The van der Waals surface area contributed by atoms with Gasteiger partial charge >= 0.3 is 5.97 Å². The molecular formula is C14H19NO2. The molecule has 1 unspecified atom stereocenters. The van der Waals surface area contributed by atoms with Crippen molar-refractivity contribution in [1.29, 1.82) is 0 Å². The van der Waals surface area contributed by atoms with E-state index in [1.54, 1.807) is 0 Å². The Labute approximate surface area is 102 Å². The van der Waals surface area contributed by atoms with Crippen LogP contribution in [0.1, 0.15) is 29.2 Å². The van der Waals surface area contributed by atoms with Crippen molar-refractivity contribution in [3.8, 4) is 0 Å². The van der Waals surface area contributed by atoms with E-state index in [2.05, 4.69) is 12.1 Å². The summed E-state index contributed by atoms with van der Waals surface area (Å²) in [6.07, 6.45) is 3.52. The zero-order valence-electron chi connectivity index (χ0n) is 10.7. The van der Waals surface area contributed by atoms with Crippen molar-refractivity contribution in [3.63, 3.8) is 0 Å². The number of benzene rings is 1. The van der Waals surface area contributed by atoms with Gasteiger partial charge in [-0.25, -0.2) is 4.79 Å². The number of methoxy groups -OCH3 is 1. The average Bonchev–Trinajstić information content (AvgIpc) is 2.75. The van der Waals surface area contributed by atoms with Gasteiger partial charge in [0.2, 0.25) is 0 Å². The summed E-state index contributed by atoms with van der Waals surface area (Å²) in [7, 11) is 5.23. The van der Waals surface area contributed by atoms with Crippen LogP contribution in [-0.4, -0.2) is 32.1 Å². The first-order valence-corrected chi connectivity index (χ1v) is 5.99. The lowest BCUT2D eigenvalue weighted by Crippen LogP contribution is -2.28. The highest BCUT2D eigenvalue weighted by molar-refractivity contribution is 5.77. The highest BCUT2D eigenvalue weighted by Crippen LogP contribution is 2.27. The average molecular weight is 233 g/mol. The molecule has 3 nitrogen and oxygen atoms in total. The van der Waals surface area contributed by atoms with Crippen LogP contribution in [0.2, 0.25) is 0 Å². The lowest BCUT2D eigenvalue weighted by atomic mass is 10.0. The largest absolute Gasteiger partial charge is 0.468 e. The van der Waals surface area contributed by atoms with E-state index in [1.807, 2.05) is 25.1 Å². The molecule has 1 aromatic carbocycles. The second-order valence-corrected chi connectivity index (χ2v) is 4.77. The molecule has 3 heteroatoms. The summed E-state index contributed by atoms with van der Waals surface area (Å²) >= 11 is 0. The molecule has 1 aromatic rings. The van der Waals surface area contributed by atoms with Crippen LogP contribution < -0.4 is 0 Å². The summed E-state index contributed by atoms with van der Waals surface area (Å²) in [4.78, 5) is 13.7. The van der Waals surface area contributed by atoms with Gasteiger partial charge in [-0.05, 0) is 50.0 Å². The summed E-state index contributed by atoms with van der Waals surface area (Å²) in [6, 6.07) is 6.05. The van der Waals surface area contributed by atoms with Crippen LogP contribution >= 0.6 is 0 Å². The van der Waals surface area contributed by atoms with Crippen molar-refractivity contribution in [1.82, 2.24) is 4.90 Å². The fraction of sp³-hybridized carbons (Fsp3) is 0.500. The van der Waals surface area contributed by atoms with Crippen LogP contribution in [0.4, 0.5) is 0 Å².